The SMILES string of the molecule is CC(C)CC(CN)NS(=O)(=O)CC(=O)O. The molecule has 0 aromatic carbocycles. The second-order valence-electron chi connectivity index (χ2n) is 3.83. The Morgan fingerprint density at radius 3 is 2.33 bits per heavy atom. The summed E-state index contributed by atoms with van der Waals surface area (Å²) < 4.78 is 24.8. The third-order valence-electron chi connectivity index (χ3n) is 1.70. The fourth-order valence-corrected chi connectivity index (χ4v) is 2.33. The van der Waals surface area contributed by atoms with Crippen molar-refractivity contribution in [1.82, 2.24) is 4.72 Å². The van der Waals surface area contributed by atoms with Gasteiger partial charge in [0.15, 0.2) is 5.75 Å². The molecule has 0 heterocycles. The predicted octanol–water partition coefficient (Wildman–Crippen LogP) is -0.636. The summed E-state index contributed by atoms with van der Waals surface area (Å²) in [4.78, 5) is 10.3. The van der Waals surface area contributed by atoms with Crippen molar-refractivity contribution in [3.05, 3.63) is 0 Å². The fourth-order valence-electron chi connectivity index (χ4n) is 1.22. The van der Waals surface area contributed by atoms with Crippen LogP contribution in [0.15, 0.2) is 0 Å². The number of sulfonamides is 1. The van der Waals surface area contributed by atoms with Gasteiger partial charge in [-0.3, -0.25) is 4.79 Å². The predicted molar refractivity (Wildman–Crippen MR) is 56.9 cm³/mol. The number of aliphatic carboxylic acids is 1. The molecule has 0 fully saturated rings. The van der Waals surface area contributed by atoms with E-state index in [0.29, 0.717) is 12.3 Å². The van der Waals surface area contributed by atoms with Crippen molar-refractivity contribution in [1.29, 1.82) is 0 Å². The van der Waals surface area contributed by atoms with Crippen LogP contribution in [0.3, 0.4) is 0 Å². The van der Waals surface area contributed by atoms with Crippen molar-refractivity contribution >= 4 is 16.0 Å². The van der Waals surface area contributed by atoms with E-state index in [1.54, 1.807) is 0 Å². The molecule has 0 aromatic rings. The van der Waals surface area contributed by atoms with Crippen LogP contribution in [0.2, 0.25) is 0 Å². The molecule has 0 spiro atoms. The molecule has 7 heteroatoms. The smallest absolute Gasteiger partial charge is 0.320 e. The average Bonchev–Trinajstić information content (AvgIpc) is 1.98. The Morgan fingerprint density at radius 2 is 2.00 bits per heavy atom. The highest BCUT2D eigenvalue weighted by Gasteiger charge is 2.20. The van der Waals surface area contributed by atoms with Gasteiger partial charge in [0.2, 0.25) is 10.0 Å². The van der Waals surface area contributed by atoms with E-state index in [0.717, 1.165) is 0 Å². The number of hydrogen-bond donors (Lipinski definition) is 3. The van der Waals surface area contributed by atoms with Crippen molar-refractivity contribution in [2.75, 3.05) is 12.3 Å². The summed E-state index contributed by atoms with van der Waals surface area (Å²) in [5.74, 6) is -1.99. The van der Waals surface area contributed by atoms with E-state index < -0.39 is 27.8 Å². The second-order valence-corrected chi connectivity index (χ2v) is 5.59. The lowest BCUT2D eigenvalue weighted by Gasteiger charge is -2.17. The molecular weight excluding hydrogens is 220 g/mol. The quantitative estimate of drug-likeness (QED) is 0.546. The van der Waals surface area contributed by atoms with Crippen LogP contribution in [0.5, 0.6) is 0 Å². The van der Waals surface area contributed by atoms with E-state index in [9.17, 15) is 13.2 Å². The summed E-state index contributed by atoms with van der Waals surface area (Å²) >= 11 is 0. The third-order valence-corrected chi connectivity index (χ3v) is 3.02. The summed E-state index contributed by atoms with van der Waals surface area (Å²) in [5, 5.41) is 8.37. The topological polar surface area (TPSA) is 109 Å². The molecule has 15 heavy (non-hydrogen) atoms. The maximum atomic E-state index is 11.2. The molecule has 0 aliphatic rings. The van der Waals surface area contributed by atoms with Gasteiger partial charge >= 0.3 is 5.97 Å². The first kappa shape index (κ1) is 14.3. The molecule has 0 amide bonds. The lowest BCUT2D eigenvalue weighted by atomic mass is 10.1. The van der Waals surface area contributed by atoms with E-state index in [-0.39, 0.29) is 6.54 Å². The number of rotatable bonds is 7. The van der Waals surface area contributed by atoms with Crippen LogP contribution >= 0.6 is 0 Å². The summed E-state index contributed by atoms with van der Waals surface area (Å²) in [6, 6.07) is -0.394. The fraction of sp³-hybridized carbons (Fsp3) is 0.875. The molecule has 90 valence electrons. The Kier molecular flexibility index (Phi) is 5.77. The van der Waals surface area contributed by atoms with Gasteiger partial charge in [-0.1, -0.05) is 13.8 Å². The van der Waals surface area contributed by atoms with E-state index in [4.69, 9.17) is 10.8 Å². The zero-order valence-electron chi connectivity index (χ0n) is 8.93. The minimum atomic E-state index is -3.77. The number of hydrogen-bond acceptors (Lipinski definition) is 4. The van der Waals surface area contributed by atoms with Crippen LogP contribution in [0, 0.1) is 5.92 Å². The van der Waals surface area contributed by atoms with Crippen LogP contribution < -0.4 is 10.5 Å². The molecule has 0 saturated heterocycles. The van der Waals surface area contributed by atoms with Crippen LogP contribution in [-0.4, -0.2) is 37.8 Å². The van der Waals surface area contributed by atoms with Crippen molar-refractivity contribution in [3.63, 3.8) is 0 Å². The van der Waals surface area contributed by atoms with Gasteiger partial charge in [-0.25, -0.2) is 13.1 Å². The van der Waals surface area contributed by atoms with Crippen LogP contribution in [0.1, 0.15) is 20.3 Å². The van der Waals surface area contributed by atoms with Crippen LogP contribution in [0.25, 0.3) is 0 Å². The maximum absolute atomic E-state index is 11.2. The number of carboxylic acid groups (broad SMARTS) is 1. The number of carboxylic acids is 1. The number of nitrogens with two attached hydrogens (primary N) is 1. The highest BCUT2D eigenvalue weighted by Crippen LogP contribution is 2.04. The van der Waals surface area contributed by atoms with Gasteiger partial charge < -0.3 is 10.8 Å². The summed E-state index contributed by atoms with van der Waals surface area (Å²) in [7, 11) is -3.77. The maximum Gasteiger partial charge on any atom is 0.320 e. The third kappa shape index (κ3) is 7.29. The molecule has 4 N–H and O–H groups in total. The van der Waals surface area contributed by atoms with Gasteiger partial charge in [0.05, 0.1) is 0 Å². The van der Waals surface area contributed by atoms with Crippen molar-refractivity contribution < 1.29 is 18.3 Å². The van der Waals surface area contributed by atoms with Gasteiger partial charge in [0, 0.05) is 12.6 Å². The van der Waals surface area contributed by atoms with Gasteiger partial charge in [-0.15, -0.1) is 0 Å². The van der Waals surface area contributed by atoms with Crippen LogP contribution in [-0.2, 0) is 14.8 Å². The Bertz CT molecular complexity index is 300. The van der Waals surface area contributed by atoms with Gasteiger partial charge in [0.1, 0.15) is 0 Å². The lowest BCUT2D eigenvalue weighted by Crippen LogP contribution is -2.43. The van der Waals surface area contributed by atoms with Gasteiger partial charge in [-0.2, -0.15) is 0 Å². The van der Waals surface area contributed by atoms with Gasteiger partial charge in [0.25, 0.3) is 0 Å². The molecule has 6 nitrogen and oxygen atoms in total. The molecule has 0 radical (unpaired) electrons. The molecule has 0 rings (SSSR count). The van der Waals surface area contributed by atoms with Crippen molar-refractivity contribution in [3.8, 4) is 0 Å². The molecule has 0 aromatic heterocycles. The molecule has 1 unspecified atom stereocenters. The summed E-state index contributed by atoms with van der Waals surface area (Å²) in [6.07, 6.45) is 0.593. The number of carbonyl (C=O) groups is 1. The largest absolute Gasteiger partial charge is 0.480 e. The zero-order valence-corrected chi connectivity index (χ0v) is 9.75. The molecular formula is C8H18N2O4S. The monoisotopic (exact) mass is 238 g/mol. The van der Waals surface area contributed by atoms with Gasteiger partial charge in [-0.05, 0) is 12.3 Å². The first-order valence-corrected chi connectivity index (χ1v) is 6.34. The average molecular weight is 238 g/mol. The standard InChI is InChI=1S/C8H18N2O4S/c1-6(2)3-7(4-9)10-15(13,14)5-8(11)12/h6-7,10H,3-5,9H2,1-2H3,(H,11,12). The highest BCUT2D eigenvalue weighted by molar-refractivity contribution is 7.90. The van der Waals surface area contributed by atoms with Crippen LogP contribution in [0.4, 0.5) is 0 Å². The van der Waals surface area contributed by atoms with Crippen molar-refractivity contribution in [2.45, 2.75) is 26.3 Å². The lowest BCUT2D eigenvalue weighted by molar-refractivity contribution is -0.134. The summed E-state index contributed by atoms with van der Waals surface area (Å²) in [6.45, 7) is 4.04. The molecule has 0 bridgehead atoms. The zero-order chi connectivity index (χ0) is 12.1. The van der Waals surface area contributed by atoms with E-state index in [1.165, 1.54) is 0 Å². The Morgan fingerprint density at radius 1 is 1.47 bits per heavy atom. The second kappa shape index (κ2) is 6.04. The van der Waals surface area contributed by atoms with E-state index in [1.807, 2.05) is 13.8 Å². The van der Waals surface area contributed by atoms with E-state index >= 15 is 0 Å². The normalized spacial score (nSPS) is 14.1. The number of nitrogens with one attached hydrogen (secondary N) is 1. The summed E-state index contributed by atoms with van der Waals surface area (Å²) in [5.41, 5.74) is 5.38. The minimum absolute atomic E-state index is 0.164. The molecule has 0 aliphatic heterocycles. The Labute approximate surface area is 89.9 Å². The minimum Gasteiger partial charge on any atom is -0.480 e. The highest BCUT2D eigenvalue weighted by atomic mass is 32.2. The molecule has 1 atom stereocenters. The first-order valence-electron chi connectivity index (χ1n) is 4.68. The first-order chi connectivity index (χ1) is 6.76. The van der Waals surface area contributed by atoms with Crippen molar-refractivity contribution in [2.24, 2.45) is 11.7 Å². The molecule has 0 aliphatic carbocycles. The molecule has 0 saturated carbocycles. The Hall–Kier alpha value is -0.660. The Balaban J connectivity index is 4.34. The van der Waals surface area contributed by atoms with E-state index in [2.05, 4.69) is 4.72 Å².